The summed E-state index contributed by atoms with van der Waals surface area (Å²) in [6, 6.07) is 4.70. The summed E-state index contributed by atoms with van der Waals surface area (Å²) >= 11 is 0. The summed E-state index contributed by atoms with van der Waals surface area (Å²) < 4.78 is 4.78. The molecule has 0 aliphatic heterocycles. The van der Waals surface area contributed by atoms with Crippen LogP contribution in [0.15, 0.2) is 18.2 Å². The van der Waals surface area contributed by atoms with Crippen molar-refractivity contribution in [2.45, 2.75) is 26.3 Å². The Hall–Kier alpha value is -1.55. The van der Waals surface area contributed by atoms with Gasteiger partial charge in [-0.05, 0) is 24.1 Å². The van der Waals surface area contributed by atoms with Gasteiger partial charge in [-0.3, -0.25) is 4.79 Å². The van der Waals surface area contributed by atoms with E-state index in [1.807, 2.05) is 6.92 Å². The lowest BCUT2D eigenvalue weighted by Crippen LogP contribution is -2.08. The Balaban J connectivity index is 2.92. The molecule has 0 spiro atoms. The lowest BCUT2D eigenvalue weighted by molar-refractivity contribution is -0.132. The summed E-state index contributed by atoms with van der Waals surface area (Å²) in [6.07, 6.45) is 0.784. The molecule has 0 unspecified atom stereocenters. The van der Waals surface area contributed by atoms with E-state index in [9.17, 15) is 9.90 Å². The molecule has 0 heterocycles. The van der Waals surface area contributed by atoms with Crippen LogP contribution in [0.4, 0.5) is 0 Å². The van der Waals surface area contributed by atoms with Crippen molar-refractivity contribution in [1.29, 1.82) is 0 Å². The summed E-state index contributed by atoms with van der Waals surface area (Å²) in [5.74, 6) is -0.362. The van der Waals surface area contributed by atoms with Crippen LogP contribution >= 0.6 is 0 Å². The van der Waals surface area contributed by atoms with Gasteiger partial charge in [0.25, 0.3) is 0 Å². The highest BCUT2D eigenvalue weighted by molar-refractivity contribution is 5.70. The van der Waals surface area contributed by atoms with Crippen LogP contribution in [-0.2, 0) is 4.79 Å². The SMILES string of the molecule is CC[C@H](N)c1ccc(OC(C)=O)c(O)c1. The average Bonchev–Trinajstić information content (AvgIpc) is 2.19. The Morgan fingerprint density at radius 2 is 2.27 bits per heavy atom. The van der Waals surface area contributed by atoms with E-state index in [0.29, 0.717) is 0 Å². The summed E-state index contributed by atoms with van der Waals surface area (Å²) in [5, 5.41) is 9.55. The summed E-state index contributed by atoms with van der Waals surface area (Å²) in [5.41, 5.74) is 6.62. The zero-order valence-electron chi connectivity index (χ0n) is 8.86. The van der Waals surface area contributed by atoms with Gasteiger partial charge in [0, 0.05) is 13.0 Å². The molecule has 0 fully saturated rings. The molecular formula is C11H15NO3. The van der Waals surface area contributed by atoms with Crippen LogP contribution in [0.25, 0.3) is 0 Å². The molecule has 0 aliphatic rings. The fourth-order valence-electron chi connectivity index (χ4n) is 1.24. The maximum Gasteiger partial charge on any atom is 0.308 e. The second-order valence-electron chi connectivity index (χ2n) is 3.34. The van der Waals surface area contributed by atoms with Gasteiger partial charge >= 0.3 is 5.97 Å². The Kier molecular flexibility index (Phi) is 3.68. The Labute approximate surface area is 88.7 Å². The van der Waals surface area contributed by atoms with Crippen molar-refractivity contribution in [3.05, 3.63) is 23.8 Å². The second-order valence-corrected chi connectivity index (χ2v) is 3.34. The van der Waals surface area contributed by atoms with Crippen molar-refractivity contribution in [1.82, 2.24) is 0 Å². The van der Waals surface area contributed by atoms with Crippen LogP contribution in [0.1, 0.15) is 31.9 Å². The van der Waals surface area contributed by atoms with Crippen LogP contribution in [0.3, 0.4) is 0 Å². The molecule has 0 saturated heterocycles. The Morgan fingerprint density at radius 1 is 1.60 bits per heavy atom. The first kappa shape index (κ1) is 11.5. The monoisotopic (exact) mass is 209 g/mol. The van der Waals surface area contributed by atoms with Crippen molar-refractivity contribution in [3.8, 4) is 11.5 Å². The summed E-state index contributed by atoms with van der Waals surface area (Å²) in [7, 11) is 0. The predicted octanol–water partition coefficient (Wildman–Crippen LogP) is 1.73. The highest BCUT2D eigenvalue weighted by Gasteiger charge is 2.09. The van der Waals surface area contributed by atoms with E-state index in [0.717, 1.165) is 12.0 Å². The van der Waals surface area contributed by atoms with Gasteiger partial charge in [-0.15, -0.1) is 0 Å². The van der Waals surface area contributed by atoms with Gasteiger partial charge < -0.3 is 15.6 Å². The molecule has 15 heavy (non-hydrogen) atoms. The van der Waals surface area contributed by atoms with Gasteiger partial charge in [0.2, 0.25) is 0 Å². The number of nitrogens with two attached hydrogens (primary N) is 1. The van der Waals surface area contributed by atoms with Crippen LogP contribution in [0.5, 0.6) is 11.5 Å². The van der Waals surface area contributed by atoms with Crippen LogP contribution in [-0.4, -0.2) is 11.1 Å². The van der Waals surface area contributed by atoms with Crippen molar-refractivity contribution in [2.24, 2.45) is 5.73 Å². The lowest BCUT2D eigenvalue weighted by Gasteiger charge is -2.11. The first-order chi connectivity index (χ1) is 7.04. The minimum atomic E-state index is -0.460. The van der Waals surface area contributed by atoms with Gasteiger partial charge in [0.15, 0.2) is 11.5 Å². The van der Waals surface area contributed by atoms with E-state index in [-0.39, 0.29) is 17.5 Å². The first-order valence-corrected chi connectivity index (χ1v) is 4.81. The molecule has 1 rings (SSSR count). The second kappa shape index (κ2) is 4.79. The molecule has 0 aliphatic carbocycles. The lowest BCUT2D eigenvalue weighted by atomic mass is 10.1. The van der Waals surface area contributed by atoms with Crippen molar-refractivity contribution < 1.29 is 14.6 Å². The van der Waals surface area contributed by atoms with Crippen LogP contribution in [0, 0.1) is 0 Å². The number of ether oxygens (including phenoxy) is 1. The molecule has 1 atom stereocenters. The molecule has 4 heteroatoms. The Morgan fingerprint density at radius 3 is 2.73 bits per heavy atom. The molecule has 82 valence electrons. The molecule has 0 saturated carbocycles. The number of aromatic hydroxyl groups is 1. The third-order valence-electron chi connectivity index (χ3n) is 2.10. The minimum Gasteiger partial charge on any atom is -0.504 e. The zero-order chi connectivity index (χ0) is 11.4. The van der Waals surface area contributed by atoms with E-state index in [4.69, 9.17) is 10.5 Å². The van der Waals surface area contributed by atoms with Crippen LogP contribution in [0.2, 0.25) is 0 Å². The highest BCUT2D eigenvalue weighted by Crippen LogP contribution is 2.29. The molecule has 3 N–H and O–H groups in total. The molecule has 4 nitrogen and oxygen atoms in total. The number of esters is 1. The third-order valence-corrected chi connectivity index (χ3v) is 2.10. The van der Waals surface area contributed by atoms with Gasteiger partial charge in [-0.1, -0.05) is 13.0 Å². The number of carbonyl (C=O) groups is 1. The fraction of sp³-hybridized carbons (Fsp3) is 0.364. The number of rotatable bonds is 3. The van der Waals surface area contributed by atoms with Gasteiger partial charge in [-0.25, -0.2) is 0 Å². The van der Waals surface area contributed by atoms with Gasteiger partial charge in [0.1, 0.15) is 0 Å². The number of benzene rings is 1. The van der Waals surface area contributed by atoms with E-state index in [2.05, 4.69) is 0 Å². The number of phenols is 1. The van der Waals surface area contributed by atoms with Crippen molar-refractivity contribution in [2.75, 3.05) is 0 Å². The third kappa shape index (κ3) is 2.95. The molecule has 1 aromatic rings. The van der Waals surface area contributed by atoms with Crippen molar-refractivity contribution in [3.63, 3.8) is 0 Å². The maximum atomic E-state index is 10.7. The topological polar surface area (TPSA) is 72.5 Å². The van der Waals surface area contributed by atoms with E-state index in [1.54, 1.807) is 12.1 Å². The quantitative estimate of drug-likeness (QED) is 0.587. The average molecular weight is 209 g/mol. The Bertz CT molecular complexity index is 363. The highest BCUT2D eigenvalue weighted by atomic mass is 16.5. The predicted molar refractivity (Wildman–Crippen MR) is 56.6 cm³/mol. The first-order valence-electron chi connectivity index (χ1n) is 4.81. The molecule has 0 radical (unpaired) electrons. The molecule has 0 bridgehead atoms. The molecule has 0 amide bonds. The van der Waals surface area contributed by atoms with E-state index < -0.39 is 5.97 Å². The number of hydrogen-bond donors (Lipinski definition) is 2. The molecular weight excluding hydrogens is 194 g/mol. The van der Waals surface area contributed by atoms with Gasteiger partial charge in [0.05, 0.1) is 0 Å². The van der Waals surface area contributed by atoms with Gasteiger partial charge in [-0.2, -0.15) is 0 Å². The standard InChI is InChI=1S/C11H15NO3/c1-3-9(12)8-4-5-11(10(14)6-8)15-7(2)13/h4-6,9,14H,3,12H2,1-2H3/t9-/m0/s1. The minimum absolute atomic E-state index is 0.0633. The number of hydrogen-bond acceptors (Lipinski definition) is 4. The van der Waals surface area contributed by atoms with Crippen LogP contribution < -0.4 is 10.5 Å². The fourth-order valence-corrected chi connectivity index (χ4v) is 1.24. The molecule has 1 aromatic carbocycles. The van der Waals surface area contributed by atoms with E-state index in [1.165, 1.54) is 13.0 Å². The molecule has 0 aromatic heterocycles. The summed E-state index contributed by atoms with van der Waals surface area (Å²) in [4.78, 5) is 10.7. The summed E-state index contributed by atoms with van der Waals surface area (Å²) in [6.45, 7) is 3.24. The maximum absolute atomic E-state index is 10.7. The number of phenolic OH excluding ortho intramolecular Hbond substituents is 1. The largest absolute Gasteiger partial charge is 0.504 e. The van der Waals surface area contributed by atoms with Crippen molar-refractivity contribution >= 4 is 5.97 Å². The smallest absolute Gasteiger partial charge is 0.308 e. The number of carbonyl (C=O) groups excluding carboxylic acids is 1. The normalized spacial score (nSPS) is 12.2. The zero-order valence-corrected chi connectivity index (χ0v) is 8.86. The van der Waals surface area contributed by atoms with E-state index >= 15 is 0 Å².